The molecule has 2 aromatic rings. The molecule has 0 radical (unpaired) electrons. The van der Waals surface area contributed by atoms with E-state index in [1.807, 2.05) is 0 Å². The number of fused-ring (bicyclic) bond motifs is 1. The van der Waals surface area contributed by atoms with Gasteiger partial charge in [0.1, 0.15) is 5.75 Å². The normalized spacial score (nSPS) is 14.0. The number of likely N-dealkylation sites (N-methyl/N-ethyl adjacent to an activating group) is 1. The zero-order chi connectivity index (χ0) is 16.1. The van der Waals surface area contributed by atoms with E-state index in [2.05, 4.69) is 73.5 Å². The molecule has 0 saturated heterocycles. The van der Waals surface area contributed by atoms with Gasteiger partial charge in [-0.25, -0.2) is 0 Å². The summed E-state index contributed by atoms with van der Waals surface area (Å²) >= 11 is 0. The summed E-state index contributed by atoms with van der Waals surface area (Å²) in [6.45, 7) is 4.85. The Bertz CT molecular complexity index is 690. The fraction of sp³-hybridized carbons (Fsp3) is 0.333. The van der Waals surface area contributed by atoms with Crippen molar-refractivity contribution in [3.63, 3.8) is 0 Å². The number of hydrogen-bond acceptors (Lipinski definition) is 2. The largest absolute Gasteiger partial charge is 0.493 e. The molecule has 23 heavy (non-hydrogen) atoms. The molecule has 2 aromatic carbocycles. The predicted octanol–water partition coefficient (Wildman–Crippen LogP) is 4.47. The Kier molecular flexibility index (Phi) is 5.14. The van der Waals surface area contributed by atoms with Crippen LogP contribution in [-0.4, -0.2) is 25.1 Å². The van der Waals surface area contributed by atoms with Gasteiger partial charge >= 0.3 is 0 Å². The van der Waals surface area contributed by atoms with Gasteiger partial charge in [-0.2, -0.15) is 0 Å². The molecule has 1 heterocycles. The second-order valence-corrected chi connectivity index (χ2v) is 6.41. The van der Waals surface area contributed by atoms with Gasteiger partial charge in [0.2, 0.25) is 0 Å². The van der Waals surface area contributed by atoms with Gasteiger partial charge in [0, 0.05) is 13.1 Å². The van der Waals surface area contributed by atoms with Crippen molar-refractivity contribution >= 4 is 6.08 Å². The quantitative estimate of drug-likeness (QED) is 0.808. The Morgan fingerprint density at radius 2 is 2.09 bits per heavy atom. The van der Waals surface area contributed by atoms with E-state index in [1.165, 1.54) is 22.3 Å². The van der Waals surface area contributed by atoms with Crippen LogP contribution in [0.5, 0.6) is 5.75 Å². The molecule has 0 amide bonds. The van der Waals surface area contributed by atoms with Gasteiger partial charge in [-0.05, 0) is 49.6 Å². The molecule has 120 valence electrons. The first-order valence-electron chi connectivity index (χ1n) is 8.37. The van der Waals surface area contributed by atoms with Crippen LogP contribution in [0.15, 0.2) is 48.5 Å². The molecule has 1 aliphatic rings. The summed E-state index contributed by atoms with van der Waals surface area (Å²) in [5.74, 6) is 1.08. The maximum atomic E-state index is 5.76. The Morgan fingerprint density at radius 3 is 2.96 bits per heavy atom. The fourth-order valence-corrected chi connectivity index (χ4v) is 3.00. The standard InChI is InChI=1S/C21H25NO/c1-17-6-3-7-18(14-17)8-4-12-22(2)16-19-10-11-20-9-5-13-23-21(20)15-19/h3-4,6-8,10-11,14-15H,5,9,12-13,16H2,1-2H3/b8-4+. The van der Waals surface area contributed by atoms with E-state index in [9.17, 15) is 0 Å². The van der Waals surface area contributed by atoms with Crippen molar-refractivity contribution in [2.24, 2.45) is 0 Å². The van der Waals surface area contributed by atoms with E-state index in [-0.39, 0.29) is 0 Å². The topological polar surface area (TPSA) is 12.5 Å². The number of rotatable bonds is 5. The monoisotopic (exact) mass is 307 g/mol. The van der Waals surface area contributed by atoms with Crippen molar-refractivity contribution in [3.05, 3.63) is 70.8 Å². The van der Waals surface area contributed by atoms with Crippen LogP contribution in [0.1, 0.15) is 28.7 Å². The maximum absolute atomic E-state index is 5.76. The molecule has 0 aromatic heterocycles. The van der Waals surface area contributed by atoms with Crippen molar-refractivity contribution in [2.45, 2.75) is 26.3 Å². The molecule has 0 N–H and O–H groups in total. The van der Waals surface area contributed by atoms with Crippen LogP contribution >= 0.6 is 0 Å². The summed E-state index contributed by atoms with van der Waals surface area (Å²) < 4.78 is 5.76. The molecule has 0 unspecified atom stereocenters. The smallest absolute Gasteiger partial charge is 0.122 e. The lowest BCUT2D eigenvalue weighted by Crippen LogP contribution is -2.18. The van der Waals surface area contributed by atoms with E-state index in [1.54, 1.807) is 0 Å². The number of hydrogen-bond donors (Lipinski definition) is 0. The van der Waals surface area contributed by atoms with Crippen molar-refractivity contribution in [1.82, 2.24) is 4.90 Å². The maximum Gasteiger partial charge on any atom is 0.122 e. The Labute approximate surface area is 139 Å². The molecule has 0 atom stereocenters. The summed E-state index contributed by atoms with van der Waals surface area (Å²) in [5.41, 5.74) is 5.23. The van der Waals surface area contributed by atoms with E-state index in [0.717, 1.165) is 38.3 Å². The van der Waals surface area contributed by atoms with Gasteiger partial charge in [-0.3, -0.25) is 4.90 Å². The molecule has 2 heteroatoms. The first kappa shape index (κ1) is 15.8. The van der Waals surface area contributed by atoms with E-state index in [4.69, 9.17) is 4.74 Å². The van der Waals surface area contributed by atoms with Crippen molar-refractivity contribution in [3.8, 4) is 5.75 Å². The third-order valence-corrected chi connectivity index (χ3v) is 4.20. The molecule has 0 saturated carbocycles. The summed E-state index contributed by atoms with van der Waals surface area (Å²) in [7, 11) is 2.15. The van der Waals surface area contributed by atoms with Gasteiger partial charge < -0.3 is 4.74 Å². The summed E-state index contributed by atoms with van der Waals surface area (Å²) in [5, 5.41) is 0. The first-order valence-corrected chi connectivity index (χ1v) is 8.37. The third-order valence-electron chi connectivity index (χ3n) is 4.20. The van der Waals surface area contributed by atoms with E-state index >= 15 is 0 Å². The van der Waals surface area contributed by atoms with Gasteiger partial charge in [-0.1, -0.05) is 54.1 Å². The predicted molar refractivity (Wildman–Crippen MR) is 96.8 cm³/mol. The van der Waals surface area contributed by atoms with E-state index in [0.29, 0.717) is 0 Å². The Hall–Kier alpha value is -2.06. The van der Waals surface area contributed by atoms with Crippen LogP contribution in [0.2, 0.25) is 0 Å². The van der Waals surface area contributed by atoms with Gasteiger partial charge in [0.05, 0.1) is 6.61 Å². The third kappa shape index (κ3) is 4.46. The van der Waals surface area contributed by atoms with Crippen molar-refractivity contribution < 1.29 is 4.74 Å². The minimum atomic E-state index is 0.853. The van der Waals surface area contributed by atoms with Crippen molar-refractivity contribution in [2.75, 3.05) is 20.2 Å². The highest BCUT2D eigenvalue weighted by Crippen LogP contribution is 2.26. The minimum Gasteiger partial charge on any atom is -0.493 e. The highest BCUT2D eigenvalue weighted by atomic mass is 16.5. The van der Waals surface area contributed by atoms with Crippen LogP contribution in [-0.2, 0) is 13.0 Å². The molecule has 1 aliphatic heterocycles. The summed E-state index contributed by atoms with van der Waals surface area (Å²) in [4.78, 5) is 2.32. The van der Waals surface area contributed by atoms with Gasteiger partial charge in [0.25, 0.3) is 0 Å². The number of aryl methyl sites for hydroxylation is 2. The molecule has 0 aliphatic carbocycles. The lowest BCUT2D eigenvalue weighted by atomic mass is 10.0. The van der Waals surface area contributed by atoms with Gasteiger partial charge in [0.15, 0.2) is 0 Å². The highest BCUT2D eigenvalue weighted by Gasteiger charge is 2.10. The Balaban J connectivity index is 1.56. The average molecular weight is 307 g/mol. The summed E-state index contributed by atoms with van der Waals surface area (Å²) in [6.07, 6.45) is 6.70. The van der Waals surface area contributed by atoms with Gasteiger partial charge in [-0.15, -0.1) is 0 Å². The molecular formula is C21H25NO. The van der Waals surface area contributed by atoms with Crippen molar-refractivity contribution in [1.29, 1.82) is 0 Å². The second-order valence-electron chi connectivity index (χ2n) is 6.41. The second kappa shape index (κ2) is 7.47. The molecule has 0 spiro atoms. The molecule has 3 rings (SSSR count). The van der Waals surface area contributed by atoms with E-state index < -0.39 is 0 Å². The summed E-state index contributed by atoms with van der Waals surface area (Å²) in [6, 6.07) is 15.2. The minimum absolute atomic E-state index is 0.853. The molecular weight excluding hydrogens is 282 g/mol. The number of ether oxygens (including phenoxy) is 1. The average Bonchev–Trinajstić information content (AvgIpc) is 2.55. The lowest BCUT2D eigenvalue weighted by molar-refractivity contribution is 0.287. The highest BCUT2D eigenvalue weighted by molar-refractivity contribution is 5.50. The lowest BCUT2D eigenvalue weighted by Gasteiger charge is -2.20. The van der Waals surface area contributed by atoms with Crippen LogP contribution < -0.4 is 4.74 Å². The van der Waals surface area contributed by atoms with Crippen LogP contribution in [0.3, 0.4) is 0 Å². The van der Waals surface area contributed by atoms with Crippen LogP contribution in [0.25, 0.3) is 6.08 Å². The van der Waals surface area contributed by atoms with Crippen LogP contribution in [0.4, 0.5) is 0 Å². The zero-order valence-corrected chi connectivity index (χ0v) is 14.1. The SMILES string of the molecule is Cc1cccc(/C=C/CN(C)Cc2ccc3c(c2)OCCC3)c1. The molecule has 0 bridgehead atoms. The fourth-order valence-electron chi connectivity index (χ4n) is 3.00. The molecule has 0 fully saturated rings. The first-order chi connectivity index (χ1) is 11.2. The molecule has 2 nitrogen and oxygen atoms in total. The zero-order valence-electron chi connectivity index (χ0n) is 14.1. The van der Waals surface area contributed by atoms with Crippen LogP contribution in [0, 0.1) is 6.92 Å². The number of benzene rings is 2. The Morgan fingerprint density at radius 1 is 1.17 bits per heavy atom. The number of nitrogens with zero attached hydrogens (tertiary/aromatic N) is 1.